The molecule has 0 spiro atoms. The molecule has 1 rings (SSSR count). The van der Waals surface area contributed by atoms with Crippen LogP contribution in [-0.2, 0) is 0 Å². The third-order valence-electron chi connectivity index (χ3n) is 1.67. The minimum atomic E-state index is -1.20. The zero-order valence-corrected chi connectivity index (χ0v) is 7.06. The Morgan fingerprint density at radius 3 is 2.00 bits per heavy atom. The predicted octanol–water partition coefficient (Wildman–Crippen LogP) is 1.95. The molecule has 0 aliphatic rings. The quantitative estimate of drug-likeness (QED) is 0.539. The summed E-state index contributed by atoms with van der Waals surface area (Å²) >= 11 is 0. The topological polar surface area (TPSA) is 86.3 Å². The third-order valence-corrected chi connectivity index (χ3v) is 1.67. The molecule has 0 bridgehead atoms. The average Bonchev–Trinajstić information content (AvgIpc) is 2.07. The van der Waals surface area contributed by atoms with Crippen LogP contribution in [0.3, 0.4) is 0 Å². The number of aryl methyl sites for hydroxylation is 1. The van der Waals surface area contributed by atoms with E-state index in [9.17, 15) is 24.6 Å². The highest BCUT2D eigenvalue weighted by atomic mass is 19.1. The molecule has 1 aromatic carbocycles. The van der Waals surface area contributed by atoms with Crippen molar-refractivity contribution in [2.24, 2.45) is 0 Å². The monoisotopic (exact) mass is 200 g/mol. The van der Waals surface area contributed by atoms with Crippen molar-refractivity contribution in [2.75, 3.05) is 0 Å². The molecule has 0 saturated carbocycles. The van der Waals surface area contributed by atoms with E-state index in [4.69, 9.17) is 0 Å². The Hall–Kier alpha value is -2.05. The number of nitro groups is 2. The van der Waals surface area contributed by atoms with Gasteiger partial charge >= 0.3 is 11.4 Å². The second-order valence-corrected chi connectivity index (χ2v) is 2.58. The van der Waals surface area contributed by atoms with Crippen LogP contribution in [-0.4, -0.2) is 9.85 Å². The molecule has 74 valence electrons. The first-order valence-electron chi connectivity index (χ1n) is 3.53. The van der Waals surface area contributed by atoms with Gasteiger partial charge in [0.05, 0.1) is 9.85 Å². The van der Waals surface area contributed by atoms with Crippen LogP contribution in [0, 0.1) is 33.0 Å². The van der Waals surface area contributed by atoms with Gasteiger partial charge < -0.3 is 0 Å². The van der Waals surface area contributed by atoms with Gasteiger partial charge in [0.1, 0.15) is 0 Å². The normalized spacial score (nSPS) is 9.86. The Labute approximate surface area is 77.3 Å². The Morgan fingerprint density at radius 2 is 1.64 bits per heavy atom. The molecule has 7 heteroatoms. The van der Waals surface area contributed by atoms with Crippen molar-refractivity contribution in [3.63, 3.8) is 0 Å². The highest BCUT2D eigenvalue weighted by Crippen LogP contribution is 2.32. The summed E-state index contributed by atoms with van der Waals surface area (Å²) in [6.45, 7) is 1.31. The summed E-state index contributed by atoms with van der Waals surface area (Å²) in [5.74, 6) is -1.20. The number of hydrogen-bond acceptors (Lipinski definition) is 4. The molecule has 1 aromatic rings. The number of halogens is 1. The molecule has 0 atom stereocenters. The molecule has 0 heterocycles. The SMILES string of the molecule is Cc1ccc(F)c([N+](=O)[O-])c1[N+](=O)[O-]. The van der Waals surface area contributed by atoms with E-state index >= 15 is 0 Å². The smallest absolute Gasteiger partial charge is 0.258 e. The molecule has 0 fully saturated rings. The zero-order valence-electron chi connectivity index (χ0n) is 7.06. The van der Waals surface area contributed by atoms with Crippen LogP contribution in [0.5, 0.6) is 0 Å². The fraction of sp³-hybridized carbons (Fsp3) is 0.143. The van der Waals surface area contributed by atoms with Crippen molar-refractivity contribution in [3.8, 4) is 0 Å². The molecule has 0 unspecified atom stereocenters. The lowest BCUT2D eigenvalue weighted by molar-refractivity contribution is -0.424. The van der Waals surface area contributed by atoms with Crippen molar-refractivity contribution >= 4 is 11.4 Å². The Balaban J connectivity index is 3.58. The summed E-state index contributed by atoms with van der Waals surface area (Å²) < 4.78 is 12.9. The van der Waals surface area contributed by atoms with Gasteiger partial charge in [-0.2, -0.15) is 4.39 Å². The molecule has 0 amide bonds. The summed E-state index contributed by atoms with van der Waals surface area (Å²) in [6.07, 6.45) is 0. The summed E-state index contributed by atoms with van der Waals surface area (Å²) in [6, 6.07) is 1.96. The van der Waals surface area contributed by atoms with Gasteiger partial charge in [-0.25, -0.2) is 0 Å². The van der Waals surface area contributed by atoms with E-state index in [2.05, 4.69) is 0 Å². The van der Waals surface area contributed by atoms with Crippen LogP contribution < -0.4 is 0 Å². The van der Waals surface area contributed by atoms with Crippen LogP contribution in [0.1, 0.15) is 5.56 Å². The first-order chi connectivity index (χ1) is 6.45. The first-order valence-corrected chi connectivity index (χ1v) is 3.53. The molecule has 0 aromatic heterocycles. The standard InChI is InChI=1S/C7H5FN2O4/c1-4-2-3-5(8)7(10(13)14)6(4)9(11)12/h2-3H,1H3. The number of hydrogen-bond donors (Lipinski definition) is 0. The Morgan fingerprint density at radius 1 is 1.14 bits per heavy atom. The maximum atomic E-state index is 12.9. The van der Waals surface area contributed by atoms with E-state index in [0.717, 1.165) is 12.1 Å². The molecule has 0 saturated heterocycles. The lowest BCUT2D eigenvalue weighted by Crippen LogP contribution is -2.01. The maximum Gasteiger partial charge on any atom is 0.381 e. The minimum Gasteiger partial charge on any atom is -0.258 e. The van der Waals surface area contributed by atoms with Crippen molar-refractivity contribution in [1.82, 2.24) is 0 Å². The lowest BCUT2D eigenvalue weighted by Gasteiger charge is -1.98. The van der Waals surface area contributed by atoms with Gasteiger partial charge in [0.25, 0.3) is 0 Å². The highest BCUT2D eigenvalue weighted by Gasteiger charge is 2.31. The van der Waals surface area contributed by atoms with Crippen molar-refractivity contribution in [3.05, 3.63) is 43.7 Å². The van der Waals surface area contributed by atoms with E-state index in [1.54, 1.807) is 0 Å². The Kier molecular flexibility index (Phi) is 2.41. The average molecular weight is 200 g/mol. The molecule has 14 heavy (non-hydrogen) atoms. The lowest BCUT2D eigenvalue weighted by atomic mass is 10.1. The molecule has 0 aliphatic carbocycles. The second kappa shape index (κ2) is 3.36. The van der Waals surface area contributed by atoms with Crippen LogP contribution >= 0.6 is 0 Å². The maximum absolute atomic E-state index is 12.9. The van der Waals surface area contributed by atoms with Gasteiger partial charge in [-0.1, -0.05) is 0 Å². The van der Waals surface area contributed by atoms with Gasteiger partial charge in [0.15, 0.2) is 0 Å². The van der Waals surface area contributed by atoms with Gasteiger partial charge in [-0.05, 0) is 19.1 Å². The van der Waals surface area contributed by atoms with Gasteiger partial charge in [-0.15, -0.1) is 0 Å². The largest absolute Gasteiger partial charge is 0.381 e. The molecule has 0 N–H and O–H groups in total. The first kappa shape index (κ1) is 10.0. The van der Waals surface area contributed by atoms with E-state index in [-0.39, 0.29) is 5.56 Å². The zero-order chi connectivity index (χ0) is 10.9. The van der Waals surface area contributed by atoms with E-state index < -0.39 is 27.0 Å². The number of benzene rings is 1. The number of nitrogens with zero attached hydrogens (tertiary/aromatic N) is 2. The van der Waals surface area contributed by atoms with Crippen LogP contribution in [0.4, 0.5) is 15.8 Å². The molecule has 0 aliphatic heterocycles. The van der Waals surface area contributed by atoms with Crippen LogP contribution in [0.25, 0.3) is 0 Å². The molecule has 6 nitrogen and oxygen atoms in total. The van der Waals surface area contributed by atoms with Crippen molar-refractivity contribution in [1.29, 1.82) is 0 Å². The number of rotatable bonds is 2. The van der Waals surface area contributed by atoms with E-state index in [1.807, 2.05) is 0 Å². The fourth-order valence-corrected chi connectivity index (χ4v) is 1.06. The van der Waals surface area contributed by atoms with E-state index in [0.29, 0.717) is 0 Å². The van der Waals surface area contributed by atoms with Gasteiger partial charge in [0, 0.05) is 5.56 Å². The molecular formula is C7H5FN2O4. The van der Waals surface area contributed by atoms with Crippen molar-refractivity contribution < 1.29 is 14.2 Å². The number of nitro benzene ring substituents is 2. The van der Waals surface area contributed by atoms with Crippen molar-refractivity contribution in [2.45, 2.75) is 6.92 Å². The third kappa shape index (κ3) is 1.51. The minimum absolute atomic E-state index is 0.0584. The predicted molar refractivity (Wildman–Crippen MR) is 44.4 cm³/mol. The van der Waals surface area contributed by atoms with Crippen LogP contribution in [0.15, 0.2) is 12.1 Å². The van der Waals surface area contributed by atoms with Gasteiger partial charge in [0.2, 0.25) is 5.82 Å². The second-order valence-electron chi connectivity index (χ2n) is 2.58. The van der Waals surface area contributed by atoms with Gasteiger partial charge in [-0.3, -0.25) is 20.2 Å². The fourth-order valence-electron chi connectivity index (χ4n) is 1.06. The van der Waals surface area contributed by atoms with E-state index in [1.165, 1.54) is 6.92 Å². The summed E-state index contributed by atoms with van der Waals surface area (Å²) in [7, 11) is 0. The Bertz CT molecular complexity index is 379. The summed E-state index contributed by atoms with van der Waals surface area (Å²) in [4.78, 5) is 18.7. The van der Waals surface area contributed by atoms with Crippen LogP contribution in [0.2, 0.25) is 0 Å². The summed E-state index contributed by atoms with van der Waals surface area (Å²) in [5.41, 5.74) is -1.83. The molecule has 0 radical (unpaired) electrons. The summed E-state index contributed by atoms with van der Waals surface area (Å²) in [5, 5.41) is 20.8. The highest BCUT2D eigenvalue weighted by molar-refractivity contribution is 5.57. The molecular weight excluding hydrogens is 195 g/mol.